The maximum Gasteiger partial charge on any atom is 0.0734 e. The normalized spacial score (nSPS) is 14.7. The van der Waals surface area contributed by atoms with E-state index in [2.05, 4.69) is 51.2 Å². The van der Waals surface area contributed by atoms with Crippen molar-refractivity contribution >= 4 is 5.70 Å². The minimum absolute atomic E-state index is 1.12. The maximum atomic E-state index is 4.42. The Morgan fingerprint density at radius 3 is 2.27 bits per heavy atom. The molecule has 0 unspecified atom stereocenters. The molecule has 1 aliphatic rings. The van der Waals surface area contributed by atoms with Crippen LogP contribution < -0.4 is 5.32 Å². The fourth-order valence-electron chi connectivity index (χ4n) is 1.90. The molecule has 1 aliphatic heterocycles. The van der Waals surface area contributed by atoms with E-state index in [0.717, 1.165) is 5.70 Å². The predicted octanol–water partition coefficient (Wildman–Crippen LogP) is 3.47. The predicted molar refractivity (Wildman–Crippen MR) is 64.5 cm³/mol. The number of benzene rings is 1. The third kappa shape index (κ3) is 1.58. The molecule has 0 N–H and O–H groups in total. The van der Waals surface area contributed by atoms with Crippen LogP contribution in [0.15, 0.2) is 30.0 Å². The molecule has 0 aliphatic carbocycles. The third-order valence-electron chi connectivity index (χ3n) is 3.21. The SMILES string of the molecule is CC1=C(c2ccc(C)c(C)c2C)[N]C=C1. The molecule has 1 nitrogen and oxygen atoms in total. The number of aryl methyl sites for hydroxylation is 1. The van der Waals surface area contributed by atoms with Gasteiger partial charge in [-0.15, -0.1) is 0 Å². The number of hydrogen-bond acceptors (Lipinski definition) is 0. The van der Waals surface area contributed by atoms with Crippen LogP contribution in [0.3, 0.4) is 0 Å². The van der Waals surface area contributed by atoms with Gasteiger partial charge in [0.2, 0.25) is 0 Å². The first-order valence-electron chi connectivity index (χ1n) is 5.26. The first kappa shape index (κ1) is 10.0. The van der Waals surface area contributed by atoms with Gasteiger partial charge in [-0.2, -0.15) is 0 Å². The molecule has 1 heterocycles. The van der Waals surface area contributed by atoms with E-state index in [9.17, 15) is 0 Å². The zero-order chi connectivity index (χ0) is 11.0. The minimum Gasteiger partial charge on any atom is -0.256 e. The van der Waals surface area contributed by atoms with Crippen molar-refractivity contribution in [2.75, 3.05) is 0 Å². The minimum atomic E-state index is 1.12. The van der Waals surface area contributed by atoms with Gasteiger partial charge in [-0.1, -0.05) is 12.1 Å². The molecule has 0 aromatic heterocycles. The van der Waals surface area contributed by atoms with Crippen molar-refractivity contribution in [3.05, 3.63) is 52.2 Å². The summed E-state index contributed by atoms with van der Waals surface area (Å²) in [5, 5.41) is 4.42. The van der Waals surface area contributed by atoms with Crippen molar-refractivity contribution in [1.29, 1.82) is 0 Å². The molecule has 2 rings (SSSR count). The molecular weight excluding hydrogens is 182 g/mol. The summed E-state index contributed by atoms with van der Waals surface area (Å²) < 4.78 is 0. The van der Waals surface area contributed by atoms with Gasteiger partial charge in [0.1, 0.15) is 0 Å². The second-order valence-corrected chi connectivity index (χ2v) is 4.16. The largest absolute Gasteiger partial charge is 0.256 e. The van der Waals surface area contributed by atoms with Crippen molar-refractivity contribution in [2.24, 2.45) is 0 Å². The Balaban J connectivity index is 2.56. The highest BCUT2D eigenvalue weighted by Gasteiger charge is 2.13. The van der Waals surface area contributed by atoms with Gasteiger partial charge in [0.15, 0.2) is 0 Å². The summed E-state index contributed by atoms with van der Waals surface area (Å²) in [5.74, 6) is 0. The Labute approximate surface area is 91.5 Å². The van der Waals surface area contributed by atoms with Crippen molar-refractivity contribution in [1.82, 2.24) is 5.32 Å². The molecule has 0 saturated heterocycles. The second kappa shape index (κ2) is 3.58. The van der Waals surface area contributed by atoms with Gasteiger partial charge < -0.3 is 0 Å². The van der Waals surface area contributed by atoms with Gasteiger partial charge in [0, 0.05) is 11.8 Å². The quantitative estimate of drug-likeness (QED) is 0.656. The Morgan fingerprint density at radius 1 is 0.933 bits per heavy atom. The van der Waals surface area contributed by atoms with Gasteiger partial charge in [-0.05, 0) is 56.0 Å². The number of rotatable bonds is 1. The molecule has 1 aromatic rings. The molecule has 0 amide bonds. The fourth-order valence-corrected chi connectivity index (χ4v) is 1.90. The first-order valence-corrected chi connectivity index (χ1v) is 5.26. The van der Waals surface area contributed by atoms with Crippen LogP contribution in [0, 0.1) is 20.8 Å². The van der Waals surface area contributed by atoms with E-state index in [1.807, 2.05) is 6.20 Å². The van der Waals surface area contributed by atoms with Crippen molar-refractivity contribution < 1.29 is 0 Å². The Hall–Kier alpha value is -1.50. The van der Waals surface area contributed by atoms with E-state index in [1.165, 1.54) is 27.8 Å². The van der Waals surface area contributed by atoms with Gasteiger partial charge in [-0.3, -0.25) is 5.32 Å². The summed E-state index contributed by atoms with van der Waals surface area (Å²) in [6, 6.07) is 4.35. The van der Waals surface area contributed by atoms with Gasteiger partial charge in [-0.25, -0.2) is 0 Å². The molecular formula is C14H16N. The highest BCUT2D eigenvalue weighted by atomic mass is 14.9. The maximum absolute atomic E-state index is 4.42. The van der Waals surface area contributed by atoms with E-state index < -0.39 is 0 Å². The Kier molecular flexibility index (Phi) is 2.39. The van der Waals surface area contributed by atoms with E-state index >= 15 is 0 Å². The number of hydrogen-bond donors (Lipinski definition) is 0. The van der Waals surface area contributed by atoms with Crippen LogP contribution in [-0.4, -0.2) is 0 Å². The van der Waals surface area contributed by atoms with Crippen LogP contribution in [0.5, 0.6) is 0 Å². The average molecular weight is 198 g/mol. The lowest BCUT2D eigenvalue weighted by atomic mass is 9.96. The summed E-state index contributed by atoms with van der Waals surface area (Å²) in [4.78, 5) is 0. The zero-order valence-corrected chi connectivity index (χ0v) is 9.76. The van der Waals surface area contributed by atoms with E-state index in [-0.39, 0.29) is 0 Å². The molecule has 0 fully saturated rings. The van der Waals surface area contributed by atoms with Crippen LogP contribution in [-0.2, 0) is 0 Å². The van der Waals surface area contributed by atoms with Gasteiger partial charge in [0.05, 0.1) is 5.70 Å². The molecule has 15 heavy (non-hydrogen) atoms. The van der Waals surface area contributed by atoms with Gasteiger partial charge >= 0.3 is 0 Å². The summed E-state index contributed by atoms with van der Waals surface area (Å²) in [6.07, 6.45) is 3.93. The van der Waals surface area contributed by atoms with Crippen molar-refractivity contribution in [3.63, 3.8) is 0 Å². The van der Waals surface area contributed by atoms with Crippen molar-refractivity contribution in [2.45, 2.75) is 27.7 Å². The molecule has 1 aromatic carbocycles. The second-order valence-electron chi connectivity index (χ2n) is 4.16. The Morgan fingerprint density at radius 2 is 1.67 bits per heavy atom. The van der Waals surface area contributed by atoms with Crippen molar-refractivity contribution in [3.8, 4) is 0 Å². The lowest BCUT2D eigenvalue weighted by molar-refractivity contribution is 1.17. The molecule has 1 radical (unpaired) electrons. The summed E-state index contributed by atoms with van der Waals surface area (Å²) in [6.45, 7) is 8.60. The highest BCUT2D eigenvalue weighted by molar-refractivity contribution is 5.74. The number of nitrogens with zero attached hydrogens (tertiary/aromatic N) is 1. The lowest BCUT2D eigenvalue weighted by Gasteiger charge is -2.12. The summed E-state index contributed by atoms with van der Waals surface area (Å²) in [7, 11) is 0. The molecule has 0 spiro atoms. The van der Waals surface area contributed by atoms with Crippen LogP contribution >= 0.6 is 0 Å². The summed E-state index contributed by atoms with van der Waals surface area (Å²) in [5.41, 5.74) is 7.70. The topological polar surface area (TPSA) is 14.1 Å². The van der Waals surface area contributed by atoms with E-state index in [4.69, 9.17) is 0 Å². The fraction of sp³-hybridized carbons (Fsp3) is 0.286. The highest BCUT2D eigenvalue weighted by Crippen LogP contribution is 2.27. The van der Waals surface area contributed by atoms with E-state index in [1.54, 1.807) is 0 Å². The third-order valence-corrected chi connectivity index (χ3v) is 3.21. The van der Waals surface area contributed by atoms with E-state index in [0.29, 0.717) is 0 Å². The van der Waals surface area contributed by atoms with Crippen LogP contribution in [0.2, 0.25) is 0 Å². The van der Waals surface area contributed by atoms with Gasteiger partial charge in [0.25, 0.3) is 0 Å². The van der Waals surface area contributed by atoms with Crippen LogP contribution in [0.4, 0.5) is 0 Å². The van der Waals surface area contributed by atoms with Crippen LogP contribution in [0.25, 0.3) is 5.70 Å². The standard InChI is InChI=1S/C14H16N/c1-9-5-6-13(12(4)11(9)3)14-10(2)7-8-15-14/h5-8H,1-4H3. The number of allylic oxidation sites excluding steroid dienone is 2. The molecule has 0 saturated carbocycles. The molecule has 77 valence electrons. The zero-order valence-electron chi connectivity index (χ0n) is 9.76. The molecule has 0 atom stereocenters. The Bertz CT molecular complexity index is 464. The molecule has 0 bridgehead atoms. The lowest BCUT2D eigenvalue weighted by Crippen LogP contribution is -1.99. The monoisotopic (exact) mass is 198 g/mol. The smallest absolute Gasteiger partial charge is 0.0734 e. The average Bonchev–Trinajstić information content (AvgIpc) is 2.62. The molecule has 1 heteroatoms. The van der Waals surface area contributed by atoms with Crippen LogP contribution in [0.1, 0.15) is 29.2 Å². The first-order chi connectivity index (χ1) is 7.11. The summed E-state index contributed by atoms with van der Waals surface area (Å²) >= 11 is 0.